The number of benzene rings is 1. The number of carbonyl (C=O) groups excluding carboxylic acids is 1. The van der Waals surface area contributed by atoms with E-state index in [-0.39, 0.29) is 6.04 Å². The average Bonchev–Trinajstić information content (AvgIpc) is 3.59. The van der Waals surface area contributed by atoms with E-state index in [2.05, 4.69) is 30.3 Å². The predicted molar refractivity (Wildman–Crippen MR) is 118 cm³/mol. The molecule has 0 spiro atoms. The molecule has 4 aromatic rings. The molecule has 0 saturated carbocycles. The number of hydrogen-bond donors (Lipinski definition) is 2. The molecule has 3 aromatic heterocycles. The molecule has 1 fully saturated rings. The highest BCUT2D eigenvalue weighted by Gasteiger charge is 2.30. The lowest BCUT2D eigenvalue weighted by molar-refractivity contribution is 0.167. The van der Waals surface area contributed by atoms with Crippen LogP contribution in [0.5, 0.6) is 0 Å². The first-order chi connectivity index (χ1) is 16.4. The molecule has 12 heteroatoms. The molecule has 0 aliphatic carbocycles. The maximum Gasteiger partial charge on any atom is 0.407 e. The molecule has 1 aromatic carbocycles. The number of aromatic amines is 1. The highest BCUT2D eigenvalue weighted by atomic mass is 19.1. The van der Waals surface area contributed by atoms with Crippen LogP contribution in [0.4, 0.5) is 19.4 Å². The van der Waals surface area contributed by atoms with E-state index >= 15 is 0 Å². The number of aromatic nitrogens is 6. The number of halogens is 2. The second kappa shape index (κ2) is 8.69. The number of rotatable bonds is 5. The Bertz CT molecular complexity index is 1350. The Morgan fingerprint density at radius 3 is 2.97 bits per heavy atom. The molecular formula is C22H22F2N8O2. The minimum atomic E-state index is -0.581. The van der Waals surface area contributed by atoms with Crippen LogP contribution in [0, 0.1) is 11.6 Å². The first kappa shape index (κ1) is 21.7. The second-order valence-electron chi connectivity index (χ2n) is 8.05. The Hall–Kier alpha value is -4.09. The van der Waals surface area contributed by atoms with Crippen LogP contribution in [-0.4, -0.2) is 49.5 Å². The third-order valence-corrected chi connectivity index (χ3v) is 5.91. The number of carbonyl (C=O) groups is 1. The number of alkyl carbamates (subject to hydrolysis) is 1. The first-order valence-corrected chi connectivity index (χ1v) is 10.8. The van der Waals surface area contributed by atoms with Crippen molar-refractivity contribution in [2.24, 2.45) is 0 Å². The first-order valence-electron chi connectivity index (χ1n) is 10.8. The van der Waals surface area contributed by atoms with Crippen molar-refractivity contribution in [2.45, 2.75) is 31.8 Å². The molecule has 1 saturated heterocycles. The summed E-state index contributed by atoms with van der Waals surface area (Å²) in [5.41, 5.74) is 1.46. The van der Waals surface area contributed by atoms with Crippen molar-refractivity contribution in [3.8, 4) is 11.4 Å². The molecule has 10 nitrogen and oxygen atoms in total. The van der Waals surface area contributed by atoms with Crippen molar-refractivity contribution in [3.05, 3.63) is 59.7 Å². The second-order valence-corrected chi connectivity index (χ2v) is 8.05. The summed E-state index contributed by atoms with van der Waals surface area (Å²) in [5, 5.41) is 15.2. The average molecular weight is 468 g/mol. The SMILES string of the molecule is COC(=O)N[C@@H](C)c1nnc(-c2cnn3ccc(N4CCC[C@@H]4c4cc(F)ccc4F)nc23)[nH]1. The molecule has 0 unspecified atom stereocenters. The standard InChI is InChI=1S/C22H22F2N8O2/c1-12(26-22(33)34-2)19-28-20(30-29-19)15-11-25-32-9-7-18(27-21(15)32)31-8-3-4-17(31)14-10-13(23)5-6-16(14)24/h5-7,9-12,17H,3-4,8H2,1-2H3,(H,26,33)(H,28,29,30)/t12-,17+/m0/s1. The normalized spacial score (nSPS) is 16.7. The number of methoxy groups -OCH3 is 1. The quantitative estimate of drug-likeness (QED) is 0.461. The number of fused-ring (bicyclic) bond motifs is 1. The number of nitrogens with zero attached hydrogens (tertiary/aromatic N) is 6. The number of amides is 1. The van der Waals surface area contributed by atoms with E-state index in [0.29, 0.717) is 47.2 Å². The summed E-state index contributed by atoms with van der Waals surface area (Å²) < 4.78 is 34.5. The highest BCUT2D eigenvalue weighted by molar-refractivity contribution is 5.73. The molecule has 4 heterocycles. The van der Waals surface area contributed by atoms with Gasteiger partial charge < -0.3 is 19.9 Å². The Labute approximate surface area is 193 Å². The summed E-state index contributed by atoms with van der Waals surface area (Å²) in [6, 6.07) is 4.55. The zero-order chi connectivity index (χ0) is 23.8. The van der Waals surface area contributed by atoms with Crippen molar-refractivity contribution in [2.75, 3.05) is 18.6 Å². The monoisotopic (exact) mass is 468 g/mol. The largest absolute Gasteiger partial charge is 0.453 e. The van der Waals surface area contributed by atoms with Gasteiger partial charge in [-0.25, -0.2) is 23.1 Å². The van der Waals surface area contributed by atoms with Crippen LogP contribution in [0.2, 0.25) is 0 Å². The van der Waals surface area contributed by atoms with E-state index < -0.39 is 23.8 Å². The number of nitrogens with one attached hydrogen (secondary N) is 2. The van der Waals surface area contributed by atoms with Crippen LogP contribution in [-0.2, 0) is 4.74 Å². The maximum atomic E-state index is 14.5. The summed E-state index contributed by atoms with van der Waals surface area (Å²) in [7, 11) is 1.28. The Morgan fingerprint density at radius 2 is 2.15 bits per heavy atom. The third kappa shape index (κ3) is 3.91. The molecule has 1 aliphatic rings. The molecular weight excluding hydrogens is 446 g/mol. The van der Waals surface area contributed by atoms with E-state index in [0.717, 1.165) is 18.6 Å². The maximum absolute atomic E-state index is 14.5. The van der Waals surface area contributed by atoms with Gasteiger partial charge in [0, 0.05) is 18.3 Å². The topological polar surface area (TPSA) is 113 Å². The van der Waals surface area contributed by atoms with Gasteiger partial charge >= 0.3 is 6.09 Å². The summed E-state index contributed by atoms with van der Waals surface area (Å²) in [6.07, 6.45) is 4.31. The lowest BCUT2D eigenvalue weighted by Crippen LogP contribution is -2.27. The van der Waals surface area contributed by atoms with Gasteiger partial charge in [-0.2, -0.15) is 5.10 Å². The van der Waals surface area contributed by atoms with E-state index in [1.807, 2.05) is 4.90 Å². The molecule has 2 atom stereocenters. The smallest absolute Gasteiger partial charge is 0.407 e. The van der Waals surface area contributed by atoms with E-state index in [4.69, 9.17) is 4.98 Å². The molecule has 34 heavy (non-hydrogen) atoms. The molecule has 1 aliphatic heterocycles. The lowest BCUT2D eigenvalue weighted by atomic mass is 10.0. The minimum absolute atomic E-state index is 0.319. The van der Waals surface area contributed by atoms with Crippen LogP contribution in [0.1, 0.15) is 43.2 Å². The number of ether oxygens (including phenoxy) is 1. The van der Waals surface area contributed by atoms with E-state index in [1.54, 1.807) is 29.9 Å². The van der Waals surface area contributed by atoms with Crippen LogP contribution in [0.15, 0.2) is 36.7 Å². The van der Waals surface area contributed by atoms with Crippen LogP contribution in [0.25, 0.3) is 17.0 Å². The van der Waals surface area contributed by atoms with Crippen molar-refractivity contribution in [3.63, 3.8) is 0 Å². The van der Waals surface area contributed by atoms with E-state index in [1.165, 1.54) is 13.2 Å². The fourth-order valence-corrected chi connectivity index (χ4v) is 4.22. The highest BCUT2D eigenvalue weighted by Crippen LogP contribution is 2.37. The molecule has 1 amide bonds. The summed E-state index contributed by atoms with van der Waals surface area (Å²) >= 11 is 0. The van der Waals surface area contributed by atoms with Gasteiger partial charge in [0.15, 0.2) is 17.3 Å². The zero-order valence-corrected chi connectivity index (χ0v) is 18.5. The Balaban J connectivity index is 1.47. The molecule has 5 rings (SSSR count). The van der Waals surface area contributed by atoms with Crippen molar-refractivity contribution in [1.82, 2.24) is 35.1 Å². The summed E-state index contributed by atoms with van der Waals surface area (Å²) in [4.78, 5) is 21.3. The van der Waals surface area contributed by atoms with E-state index in [9.17, 15) is 13.6 Å². The Kier molecular flexibility index (Phi) is 5.56. The molecule has 176 valence electrons. The third-order valence-electron chi connectivity index (χ3n) is 5.91. The fourth-order valence-electron chi connectivity index (χ4n) is 4.22. The van der Waals surface area contributed by atoms with Gasteiger partial charge in [0.1, 0.15) is 17.5 Å². The van der Waals surface area contributed by atoms with Gasteiger partial charge in [0.25, 0.3) is 0 Å². The summed E-state index contributed by atoms with van der Waals surface area (Å²) in [6.45, 7) is 2.41. The molecule has 0 bridgehead atoms. The zero-order valence-electron chi connectivity index (χ0n) is 18.5. The minimum Gasteiger partial charge on any atom is -0.453 e. The lowest BCUT2D eigenvalue weighted by Gasteiger charge is -2.26. The van der Waals surface area contributed by atoms with Crippen molar-refractivity contribution >= 4 is 17.6 Å². The van der Waals surface area contributed by atoms with Gasteiger partial charge in [-0.05, 0) is 44.0 Å². The summed E-state index contributed by atoms with van der Waals surface area (Å²) in [5.74, 6) is 0.593. The van der Waals surface area contributed by atoms with Crippen LogP contribution in [0.3, 0.4) is 0 Å². The van der Waals surface area contributed by atoms with Crippen LogP contribution >= 0.6 is 0 Å². The number of hydrogen-bond acceptors (Lipinski definition) is 7. The van der Waals surface area contributed by atoms with Gasteiger partial charge in [-0.3, -0.25) is 0 Å². The predicted octanol–water partition coefficient (Wildman–Crippen LogP) is 3.55. The van der Waals surface area contributed by atoms with Crippen LogP contribution < -0.4 is 10.2 Å². The number of H-pyrrole nitrogens is 1. The fraction of sp³-hybridized carbons (Fsp3) is 0.318. The molecule has 2 N–H and O–H groups in total. The Morgan fingerprint density at radius 1 is 1.29 bits per heavy atom. The van der Waals surface area contributed by atoms with Gasteiger partial charge in [-0.15, -0.1) is 10.2 Å². The van der Waals surface area contributed by atoms with Crippen molar-refractivity contribution in [1.29, 1.82) is 0 Å². The van der Waals surface area contributed by atoms with Gasteiger partial charge in [0.2, 0.25) is 0 Å². The van der Waals surface area contributed by atoms with Crippen molar-refractivity contribution < 1.29 is 18.3 Å². The van der Waals surface area contributed by atoms with Gasteiger partial charge in [0.05, 0.1) is 31.0 Å². The van der Waals surface area contributed by atoms with Gasteiger partial charge in [-0.1, -0.05) is 0 Å². The molecule has 0 radical (unpaired) electrons. The number of anilines is 1.